The smallest absolute Gasteiger partial charge is 0.0505 e. The lowest BCUT2D eigenvalue weighted by Crippen LogP contribution is -2.52. The van der Waals surface area contributed by atoms with Crippen LogP contribution >= 0.6 is 11.9 Å². The number of hydrogen-bond donors (Lipinski definition) is 1. The molecule has 0 bridgehead atoms. The van der Waals surface area contributed by atoms with Crippen molar-refractivity contribution in [2.75, 3.05) is 10.8 Å². The molecule has 1 atom stereocenters. The quantitative estimate of drug-likeness (QED) is 0.610. The molecule has 2 aromatic carbocycles. The highest BCUT2D eigenvalue weighted by atomic mass is 32.2. The van der Waals surface area contributed by atoms with Crippen LogP contribution in [0.15, 0.2) is 65.7 Å². The Bertz CT molecular complexity index is 825. The first-order chi connectivity index (χ1) is 13.0. The Morgan fingerprint density at radius 3 is 2.74 bits per heavy atom. The topological polar surface area (TPSA) is 15.3 Å². The van der Waals surface area contributed by atoms with Gasteiger partial charge in [0.25, 0.3) is 0 Å². The number of fused-ring (bicyclic) bond motifs is 1. The van der Waals surface area contributed by atoms with Gasteiger partial charge >= 0.3 is 0 Å². The third kappa shape index (κ3) is 4.19. The monoisotopic (exact) mass is 378 g/mol. The van der Waals surface area contributed by atoms with E-state index < -0.39 is 0 Å². The molecular formula is C24H30N2S. The van der Waals surface area contributed by atoms with Crippen molar-refractivity contribution in [2.45, 2.75) is 56.4 Å². The largest absolute Gasteiger partial charge is 0.384 e. The highest BCUT2D eigenvalue weighted by Gasteiger charge is 2.40. The first-order valence-electron chi connectivity index (χ1n) is 10.1. The summed E-state index contributed by atoms with van der Waals surface area (Å²) < 4.78 is 2.52. The zero-order chi connectivity index (χ0) is 18.9. The van der Waals surface area contributed by atoms with Gasteiger partial charge in [0.05, 0.1) is 5.69 Å². The first-order valence-corrected chi connectivity index (χ1v) is 10.8. The number of nitrogens with one attached hydrogen (secondary N) is 1. The second kappa shape index (κ2) is 7.63. The molecule has 3 heteroatoms. The maximum Gasteiger partial charge on any atom is 0.0505 e. The maximum atomic E-state index is 4.10. The van der Waals surface area contributed by atoms with Crippen molar-refractivity contribution in [3.63, 3.8) is 0 Å². The molecular weight excluding hydrogens is 348 g/mol. The van der Waals surface area contributed by atoms with Crippen LogP contribution in [0.3, 0.4) is 0 Å². The predicted octanol–water partition coefficient (Wildman–Crippen LogP) is 6.12. The van der Waals surface area contributed by atoms with Crippen molar-refractivity contribution in [2.24, 2.45) is 5.92 Å². The number of benzene rings is 2. The summed E-state index contributed by atoms with van der Waals surface area (Å²) in [7, 11) is 0. The van der Waals surface area contributed by atoms with Crippen LogP contribution in [-0.2, 0) is 6.42 Å². The molecule has 1 aliphatic heterocycles. The number of aryl methyl sites for hydroxylation is 1. The zero-order valence-corrected chi connectivity index (χ0v) is 17.3. The molecule has 0 spiro atoms. The second-order valence-corrected chi connectivity index (χ2v) is 9.51. The molecule has 1 fully saturated rings. The fourth-order valence-corrected chi connectivity index (χ4v) is 5.84. The lowest BCUT2D eigenvalue weighted by molar-refractivity contribution is 0.157. The maximum absolute atomic E-state index is 4.10. The van der Waals surface area contributed by atoms with Crippen molar-refractivity contribution in [3.8, 4) is 0 Å². The molecule has 2 aromatic rings. The standard InChI is InChI=1S/C24H30N2S/c1-18(2)25-24(12-7-13-24)16-20-15-21-9-4-5-11-23(21)26(17-20)27-22-10-6-8-19(3)14-22/h4-6,8-11,14,20,25H,1,7,12-13,15-17H2,2-3H3/t20-/m0/s1. The molecule has 27 heavy (non-hydrogen) atoms. The molecule has 1 N–H and O–H groups in total. The third-order valence-electron chi connectivity index (χ3n) is 5.87. The van der Waals surface area contributed by atoms with Gasteiger partial charge in [0.1, 0.15) is 0 Å². The summed E-state index contributed by atoms with van der Waals surface area (Å²) in [6.45, 7) is 9.47. The van der Waals surface area contributed by atoms with E-state index in [1.54, 1.807) is 0 Å². The Morgan fingerprint density at radius 1 is 1.22 bits per heavy atom. The average Bonchev–Trinajstić information content (AvgIpc) is 2.59. The number of allylic oxidation sites excluding steroid dienone is 1. The summed E-state index contributed by atoms with van der Waals surface area (Å²) >= 11 is 1.89. The first kappa shape index (κ1) is 18.5. The number of nitrogens with zero attached hydrogens (tertiary/aromatic N) is 1. The highest BCUT2D eigenvalue weighted by molar-refractivity contribution is 8.00. The van der Waals surface area contributed by atoms with Crippen LogP contribution in [0.25, 0.3) is 0 Å². The van der Waals surface area contributed by atoms with Crippen molar-refractivity contribution < 1.29 is 0 Å². The SMILES string of the molecule is C=C(C)NC1(C[C@@H]2Cc3ccccc3N(Sc3cccc(C)c3)C2)CCC1. The van der Waals surface area contributed by atoms with Crippen LogP contribution in [-0.4, -0.2) is 12.1 Å². The van der Waals surface area contributed by atoms with Crippen LogP contribution in [0, 0.1) is 12.8 Å². The van der Waals surface area contributed by atoms with E-state index in [0.29, 0.717) is 5.92 Å². The molecule has 1 heterocycles. The molecule has 2 nitrogen and oxygen atoms in total. The van der Waals surface area contributed by atoms with Gasteiger partial charge in [-0.3, -0.25) is 0 Å². The van der Waals surface area contributed by atoms with Gasteiger partial charge in [0, 0.05) is 22.7 Å². The van der Waals surface area contributed by atoms with Crippen molar-refractivity contribution in [3.05, 3.63) is 71.9 Å². The highest BCUT2D eigenvalue weighted by Crippen LogP contribution is 2.43. The number of para-hydroxylation sites is 1. The van der Waals surface area contributed by atoms with E-state index >= 15 is 0 Å². The van der Waals surface area contributed by atoms with Gasteiger partial charge in [-0.05, 0) is 93.1 Å². The molecule has 0 unspecified atom stereocenters. The number of anilines is 1. The van der Waals surface area contributed by atoms with Gasteiger partial charge in [0.2, 0.25) is 0 Å². The molecule has 142 valence electrons. The number of rotatable bonds is 6. The van der Waals surface area contributed by atoms with Crippen LogP contribution in [0.4, 0.5) is 5.69 Å². The van der Waals surface area contributed by atoms with E-state index in [2.05, 4.69) is 78.6 Å². The predicted molar refractivity (Wildman–Crippen MR) is 117 cm³/mol. The van der Waals surface area contributed by atoms with Crippen LogP contribution in [0.2, 0.25) is 0 Å². The van der Waals surface area contributed by atoms with Crippen molar-refractivity contribution >= 4 is 17.6 Å². The van der Waals surface area contributed by atoms with E-state index in [9.17, 15) is 0 Å². The Hall–Kier alpha value is -1.87. The fraction of sp³-hybridized carbons (Fsp3) is 0.417. The van der Waals surface area contributed by atoms with Gasteiger partial charge < -0.3 is 9.62 Å². The van der Waals surface area contributed by atoms with E-state index in [0.717, 1.165) is 12.2 Å². The van der Waals surface area contributed by atoms with Gasteiger partial charge in [-0.15, -0.1) is 0 Å². The fourth-order valence-electron chi connectivity index (χ4n) is 4.65. The minimum atomic E-state index is 0.280. The summed E-state index contributed by atoms with van der Waals surface area (Å²) in [5.74, 6) is 0.671. The number of hydrogen-bond acceptors (Lipinski definition) is 3. The molecule has 4 rings (SSSR count). The Balaban J connectivity index is 1.55. The molecule has 0 saturated heterocycles. The normalized spacial score (nSPS) is 20.5. The van der Waals surface area contributed by atoms with E-state index in [4.69, 9.17) is 0 Å². The van der Waals surface area contributed by atoms with E-state index in [-0.39, 0.29) is 5.54 Å². The lowest BCUT2D eigenvalue weighted by Gasteiger charge is -2.47. The second-order valence-electron chi connectivity index (χ2n) is 8.41. The van der Waals surface area contributed by atoms with E-state index in [1.807, 2.05) is 11.9 Å². The molecule has 0 aromatic heterocycles. The molecule has 0 amide bonds. The van der Waals surface area contributed by atoms with E-state index in [1.165, 1.54) is 53.8 Å². The van der Waals surface area contributed by atoms with Crippen LogP contribution < -0.4 is 9.62 Å². The summed E-state index contributed by atoms with van der Waals surface area (Å²) in [6, 6.07) is 17.8. The molecule has 0 radical (unpaired) electrons. The lowest BCUT2D eigenvalue weighted by atomic mass is 9.69. The zero-order valence-electron chi connectivity index (χ0n) is 16.5. The average molecular weight is 379 g/mol. The summed E-state index contributed by atoms with van der Waals surface area (Å²) in [5.41, 5.74) is 5.58. The summed E-state index contributed by atoms with van der Waals surface area (Å²) in [5, 5.41) is 3.72. The Morgan fingerprint density at radius 2 is 2.04 bits per heavy atom. The summed E-state index contributed by atoms with van der Waals surface area (Å²) in [4.78, 5) is 1.32. The molecule has 2 aliphatic rings. The van der Waals surface area contributed by atoms with Gasteiger partial charge in [-0.2, -0.15) is 0 Å². The Labute approximate surface area is 168 Å². The molecule has 1 saturated carbocycles. The minimum Gasteiger partial charge on any atom is -0.384 e. The molecule has 1 aliphatic carbocycles. The van der Waals surface area contributed by atoms with Crippen LogP contribution in [0.5, 0.6) is 0 Å². The van der Waals surface area contributed by atoms with Gasteiger partial charge in [-0.25, -0.2) is 0 Å². The summed E-state index contributed by atoms with van der Waals surface area (Å²) in [6.07, 6.45) is 6.32. The Kier molecular flexibility index (Phi) is 5.23. The third-order valence-corrected chi connectivity index (χ3v) is 6.90. The van der Waals surface area contributed by atoms with Gasteiger partial charge in [0.15, 0.2) is 0 Å². The van der Waals surface area contributed by atoms with Gasteiger partial charge in [-0.1, -0.05) is 36.9 Å². The van der Waals surface area contributed by atoms with Crippen molar-refractivity contribution in [1.82, 2.24) is 5.32 Å². The minimum absolute atomic E-state index is 0.280. The van der Waals surface area contributed by atoms with Crippen LogP contribution in [0.1, 0.15) is 43.7 Å². The van der Waals surface area contributed by atoms with Crippen molar-refractivity contribution in [1.29, 1.82) is 0 Å².